The lowest BCUT2D eigenvalue weighted by molar-refractivity contribution is -0.141. The highest BCUT2D eigenvalue weighted by atomic mass is 16.5. The molecule has 0 amide bonds. The van der Waals surface area contributed by atoms with E-state index in [1.54, 1.807) is 0 Å². The molecule has 1 aromatic heterocycles. The highest BCUT2D eigenvalue weighted by Gasteiger charge is 2.58. The zero-order chi connectivity index (χ0) is 27.0. The van der Waals surface area contributed by atoms with Crippen molar-refractivity contribution in [2.45, 2.75) is 51.6 Å². The van der Waals surface area contributed by atoms with Crippen LogP contribution in [0.3, 0.4) is 0 Å². The minimum absolute atomic E-state index is 0.306. The molecule has 2 spiro atoms. The molecule has 0 atom stereocenters. The summed E-state index contributed by atoms with van der Waals surface area (Å²) in [6, 6.07) is 18.3. The maximum Gasteiger partial charge on any atom is 0.141 e. The molecule has 4 aliphatic rings. The van der Waals surface area contributed by atoms with Gasteiger partial charge in [0.2, 0.25) is 0 Å². The van der Waals surface area contributed by atoms with Crippen LogP contribution in [0.2, 0.25) is 0 Å². The highest BCUT2D eigenvalue weighted by molar-refractivity contribution is 6.16. The van der Waals surface area contributed by atoms with Gasteiger partial charge in [-0.15, -0.1) is 0 Å². The number of hydrogen-bond donors (Lipinski definition) is 4. The summed E-state index contributed by atoms with van der Waals surface area (Å²) in [7, 11) is 0. The van der Waals surface area contributed by atoms with E-state index in [0.29, 0.717) is 45.5 Å². The Kier molecular flexibility index (Phi) is 6.77. The molecule has 7 rings (SSSR count). The Morgan fingerprint density at radius 3 is 2.26 bits per heavy atom. The van der Waals surface area contributed by atoms with E-state index < -0.39 is 0 Å². The molecule has 0 unspecified atom stereocenters. The molecule has 2 aliphatic heterocycles. The highest BCUT2D eigenvalue weighted by Crippen LogP contribution is 2.55. The molecule has 39 heavy (non-hydrogen) atoms. The molecule has 0 bridgehead atoms. The average molecular weight is 526 g/mol. The van der Waals surface area contributed by atoms with Gasteiger partial charge in [-0.1, -0.05) is 32.0 Å². The number of nitrogens with zero attached hydrogens (tertiary/aromatic N) is 3. The lowest BCUT2D eigenvalue weighted by atomic mass is 9.56. The van der Waals surface area contributed by atoms with E-state index in [4.69, 9.17) is 15.9 Å². The van der Waals surface area contributed by atoms with Crippen LogP contribution in [0.5, 0.6) is 11.5 Å². The van der Waals surface area contributed by atoms with Crippen molar-refractivity contribution in [1.82, 2.24) is 20.2 Å². The Morgan fingerprint density at radius 1 is 0.949 bits per heavy atom. The fourth-order valence-corrected chi connectivity index (χ4v) is 6.79. The van der Waals surface area contributed by atoms with Crippen molar-refractivity contribution in [2.24, 2.45) is 10.8 Å². The first-order valence-corrected chi connectivity index (χ1v) is 14.2. The predicted molar refractivity (Wildman–Crippen MR) is 156 cm³/mol. The standard InChI is InChI=1S/C29H33N7O.C2H6/c30-25(19-6-8-23(9-7-19)37-22-4-2-1-3-5-22)24-26(31)33-18-34-27(24)35-20-10-29(11-20)16-36(17-29)21-12-28(13-21)14-32-15-28;1-2/h1-9,18,20-21,30,32H,10-17H2,(H3,31,33,34,35);1-2H3. The van der Waals surface area contributed by atoms with Crippen LogP contribution in [-0.4, -0.2) is 58.8 Å². The summed E-state index contributed by atoms with van der Waals surface area (Å²) in [4.78, 5) is 11.4. The smallest absolute Gasteiger partial charge is 0.141 e. The van der Waals surface area contributed by atoms with Crippen LogP contribution in [0.15, 0.2) is 60.9 Å². The normalized spacial score (nSPS) is 22.4. The lowest BCUT2D eigenvalue weighted by Crippen LogP contribution is -2.72. The summed E-state index contributed by atoms with van der Waals surface area (Å²) in [6.45, 7) is 8.90. The van der Waals surface area contributed by atoms with Gasteiger partial charge >= 0.3 is 0 Å². The molecule has 2 saturated heterocycles. The Labute approximate surface area is 230 Å². The van der Waals surface area contributed by atoms with Crippen LogP contribution >= 0.6 is 0 Å². The van der Waals surface area contributed by atoms with E-state index in [-0.39, 0.29) is 0 Å². The van der Waals surface area contributed by atoms with Crippen molar-refractivity contribution in [3.8, 4) is 11.5 Å². The monoisotopic (exact) mass is 525 g/mol. The second-order valence-corrected chi connectivity index (χ2v) is 11.6. The first kappa shape index (κ1) is 25.8. The molecule has 4 fully saturated rings. The molecule has 2 saturated carbocycles. The van der Waals surface area contributed by atoms with Gasteiger partial charge in [0.15, 0.2) is 0 Å². The Hall–Kier alpha value is -3.49. The molecule has 8 heteroatoms. The first-order valence-electron chi connectivity index (χ1n) is 14.2. The van der Waals surface area contributed by atoms with E-state index in [2.05, 4.69) is 25.5 Å². The number of rotatable bonds is 7. The van der Waals surface area contributed by atoms with Crippen molar-refractivity contribution < 1.29 is 4.74 Å². The predicted octanol–water partition coefficient (Wildman–Crippen LogP) is 4.92. The average Bonchev–Trinajstić information content (AvgIpc) is 2.86. The molecule has 5 N–H and O–H groups in total. The van der Waals surface area contributed by atoms with Gasteiger partial charge in [-0.25, -0.2) is 9.97 Å². The van der Waals surface area contributed by atoms with E-state index >= 15 is 0 Å². The van der Waals surface area contributed by atoms with Crippen LogP contribution in [-0.2, 0) is 0 Å². The van der Waals surface area contributed by atoms with Gasteiger partial charge in [0, 0.05) is 43.8 Å². The number of anilines is 2. The van der Waals surface area contributed by atoms with E-state index in [9.17, 15) is 0 Å². The van der Waals surface area contributed by atoms with Gasteiger partial charge in [0.25, 0.3) is 0 Å². The molecular formula is C31H39N7O. The molecular weight excluding hydrogens is 486 g/mol. The van der Waals surface area contributed by atoms with Crippen LogP contribution in [0.25, 0.3) is 0 Å². The summed E-state index contributed by atoms with van der Waals surface area (Å²) in [5.41, 5.74) is 8.96. The van der Waals surface area contributed by atoms with E-state index in [1.807, 2.05) is 68.4 Å². The maximum absolute atomic E-state index is 8.89. The number of nitrogens with one attached hydrogen (secondary N) is 3. The van der Waals surface area contributed by atoms with Gasteiger partial charge in [0.05, 0.1) is 11.3 Å². The number of ether oxygens (including phenoxy) is 1. The summed E-state index contributed by atoms with van der Waals surface area (Å²) >= 11 is 0. The molecule has 0 radical (unpaired) electrons. The number of aromatic nitrogens is 2. The molecule has 2 aromatic carbocycles. The summed E-state index contributed by atoms with van der Waals surface area (Å²) in [5, 5.41) is 15.9. The summed E-state index contributed by atoms with van der Waals surface area (Å²) in [6.07, 6.45) is 6.52. The number of benzene rings is 2. The third kappa shape index (κ3) is 4.87. The van der Waals surface area contributed by atoms with Crippen molar-refractivity contribution in [3.05, 3.63) is 72.1 Å². The van der Waals surface area contributed by atoms with E-state index in [0.717, 1.165) is 30.2 Å². The van der Waals surface area contributed by atoms with E-state index in [1.165, 1.54) is 45.3 Å². The Balaban J connectivity index is 0.00000135. The second-order valence-electron chi connectivity index (χ2n) is 11.6. The third-order valence-electron chi connectivity index (χ3n) is 8.88. The molecule has 2 aliphatic carbocycles. The molecule has 204 valence electrons. The number of nitrogens with two attached hydrogens (primary N) is 1. The second kappa shape index (κ2) is 10.2. The topological polar surface area (TPSA) is 112 Å². The quantitative estimate of drug-likeness (QED) is 0.324. The third-order valence-corrected chi connectivity index (χ3v) is 8.88. The van der Waals surface area contributed by atoms with Gasteiger partial charge in [0.1, 0.15) is 29.5 Å². The number of hydrogen-bond acceptors (Lipinski definition) is 8. The van der Waals surface area contributed by atoms with Crippen LogP contribution < -0.4 is 21.1 Å². The molecule has 3 heterocycles. The fourth-order valence-electron chi connectivity index (χ4n) is 6.79. The molecule has 8 nitrogen and oxygen atoms in total. The zero-order valence-electron chi connectivity index (χ0n) is 22.9. The van der Waals surface area contributed by atoms with Gasteiger partial charge in [-0.05, 0) is 72.9 Å². The molecule has 3 aromatic rings. The Bertz CT molecular complexity index is 1300. The first-order chi connectivity index (χ1) is 19.0. The number of nitrogen functional groups attached to an aromatic ring is 1. The van der Waals surface area contributed by atoms with Crippen molar-refractivity contribution >= 4 is 17.3 Å². The van der Waals surface area contributed by atoms with Gasteiger partial charge < -0.3 is 21.1 Å². The van der Waals surface area contributed by atoms with Gasteiger partial charge in [-0.3, -0.25) is 10.3 Å². The maximum atomic E-state index is 8.89. The Morgan fingerprint density at radius 2 is 1.62 bits per heavy atom. The summed E-state index contributed by atoms with van der Waals surface area (Å²) in [5.74, 6) is 2.46. The number of likely N-dealkylation sites (tertiary alicyclic amines) is 1. The van der Waals surface area contributed by atoms with Crippen LogP contribution in [0, 0.1) is 16.2 Å². The van der Waals surface area contributed by atoms with Crippen molar-refractivity contribution in [2.75, 3.05) is 37.2 Å². The van der Waals surface area contributed by atoms with Crippen LogP contribution in [0.1, 0.15) is 50.7 Å². The largest absolute Gasteiger partial charge is 0.457 e. The van der Waals surface area contributed by atoms with Gasteiger partial charge in [-0.2, -0.15) is 0 Å². The fraction of sp³-hybridized carbons (Fsp3) is 0.452. The lowest BCUT2D eigenvalue weighted by Gasteiger charge is -2.66. The minimum Gasteiger partial charge on any atom is -0.457 e. The summed E-state index contributed by atoms with van der Waals surface area (Å²) < 4.78 is 5.89. The zero-order valence-corrected chi connectivity index (χ0v) is 22.9. The van der Waals surface area contributed by atoms with Crippen molar-refractivity contribution in [1.29, 1.82) is 5.41 Å². The van der Waals surface area contributed by atoms with Crippen molar-refractivity contribution in [3.63, 3.8) is 0 Å². The number of para-hydroxylation sites is 1. The minimum atomic E-state index is 0.306. The van der Waals surface area contributed by atoms with Crippen LogP contribution in [0.4, 0.5) is 11.6 Å². The SMILES string of the molecule is CC.N=C(c1ccc(Oc2ccccc2)cc1)c1c(N)ncnc1NC1CC2(C1)CN(C1CC3(CNC3)C1)C2.